The molecular formula is C16H19BrN2O6S. The minimum atomic E-state index is -3.78. The van der Waals surface area contributed by atoms with E-state index in [0.717, 1.165) is 10.4 Å². The number of ether oxygens (including phenoxy) is 1. The second kappa shape index (κ2) is 8.56. The molecule has 8 nitrogen and oxygen atoms in total. The molecule has 142 valence electrons. The van der Waals surface area contributed by atoms with Crippen molar-refractivity contribution in [2.45, 2.75) is 18.7 Å². The lowest BCUT2D eigenvalue weighted by molar-refractivity contribution is -0.113. The van der Waals surface area contributed by atoms with Crippen molar-refractivity contribution in [3.8, 4) is 0 Å². The molecule has 0 unspecified atom stereocenters. The minimum absolute atomic E-state index is 0.0441. The minimum Gasteiger partial charge on any atom is -0.508 e. The maximum Gasteiger partial charge on any atom is 0.338 e. The average Bonchev–Trinajstić information content (AvgIpc) is 2.51. The quantitative estimate of drug-likeness (QED) is 0.286. The predicted molar refractivity (Wildman–Crippen MR) is 99.0 cm³/mol. The maximum absolute atomic E-state index is 12.3. The zero-order valence-corrected chi connectivity index (χ0v) is 17.1. The number of ketones is 1. The Morgan fingerprint density at radius 2 is 1.85 bits per heavy atom. The molecule has 0 aliphatic rings. The van der Waals surface area contributed by atoms with Crippen LogP contribution in [0.1, 0.15) is 24.2 Å². The van der Waals surface area contributed by atoms with E-state index < -0.39 is 34.1 Å². The van der Waals surface area contributed by atoms with E-state index in [4.69, 9.17) is 10.1 Å². The Balaban J connectivity index is 3.12. The SMILES string of the molecule is CC(=N)/C(C(C)=O)=C(/O)COC(=O)c1ccc(Br)c(S(=O)(=O)N(C)C)c1. The van der Waals surface area contributed by atoms with Crippen molar-refractivity contribution in [2.75, 3.05) is 20.7 Å². The first-order valence-corrected chi connectivity index (χ1v) is 9.50. The molecule has 0 aromatic heterocycles. The largest absolute Gasteiger partial charge is 0.508 e. The van der Waals surface area contributed by atoms with Crippen LogP contribution < -0.4 is 0 Å². The number of aliphatic hydroxyl groups is 1. The van der Waals surface area contributed by atoms with E-state index >= 15 is 0 Å². The third kappa shape index (κ3) is 4.99. The van der Waals surface area contributed by atoms with Crippen LogP contribution in [0.2, 0.25) is 0 Å². The Kier molecular flexibility index (Phi) is 7.25. The van der Waals surface area contributed by atoms with Gasteiger partial charge in [-0.25, -0.2) is 17.5 Å². The van der Waals surface area contributed by atoms with E-state index in [-0.39, 0.29) is 26.2 Å². The predicted octanol–water partition coefficient (Wildman–Crippen LogP) is 2.30. The van der Waals surface area contributed by atoms with Crippen molar-refractivity contribution in [2.24, 2.45) is 0 Å². The summed E-state index contributed by atoms with van der Waals surface area (Å²) in [6.07, 6.45) is 0. The van der Waals surface area contributed by atoms with Crippen LogP contribution in [0.5, 0.6) is 0 Å². The van der Waals surface area contributed by atoms with Gasteiger partial charge in [-0.05, 0) is 48.0 Å². The van der Waals surface area contributed by atoms with Gasteiger partial charge in [0.1, 0.15) is 12.4 Å². The normalized spacial score (nSPS) is 12.5. The van der Waals surface area contributed by atoms with Crippen molar-refractivity contribution < 1.29 is 27.9 Å². The van der Waals surface area contributed by atoms with Crippen molar-refractivity contribution in [3.05, 3.63) is 39.6 Å². The number of hydrogen-bond donors (Lipinski definition) is 2. The van der Waals surface area contributed by atoms with Crippen LogP contribution >= 0.6 is 15.9 Å². The molecule has 26 heavy (non-hydrogen) atoms. The van der Waals surface area contributed by atoms with Crippen molar-refractivity contribution in [1.82, 2.24) is 4.31 Å². The fraction of sp³-hybridized carbons (Fsp3) is 0.312. The number of aliphatic hydroxyl groups excluding tert-OH is 1. The lowest BCUT2D eigenvalue weighted by Gasteiger charge is -2.14. The van der Waals surface area contributed by atoms with Crippen LogP contribution in [0.3, 0.4) is 0 Å². The third-order valence-electron chi connectivity index (χ3n) is 3.28. The zero-order chi connectivity index (χ0) is 20.2. The number of hydrogen-bond acceptors (Lipinski definition) is 7. The second-order valence-corrected chi connectivity index (χ2v) is 8.49. The van der Waals surface area contributed by atoms with Gasteiger partial charge < -0.3 is 15.3 Å². The summed E-state index contributed by atoms with van der Waals surface area (Å²) in [6, 6.07) is 3.90. The molecule has 0 spiro atoms. The molecule has 10 heteroatoms. The standard InChI is InChI=1S/C16H19BrN2O6S/c1-9(18)15(10(2)20)13(21)8-25-16(22)11-5-6-12(17)14(7-11)26(23,24)19(3)4/h5-7,18,21H,8H2,1-4H3/b15-13-,18-9?. The summed E-state index contributed by atoms with van der Waals surface area (Å²) in [7, 11) is -1.06. The van der Waals surface area contributed by atoms with Crippen LogP contribution in [0.15, 0.2) is 38.9 Å². The van der Waals surface area contributed by atoms with Crippen molar-refractivity contribution >= 4 is 43.4 Å². The average molecular weight is 447 g/mol. The lowest BCUT2D eigenvalue weighted by Crippen LogP contribution is -2.23. The molecule has 0 bridgehead atoms. The molecule has 0 radical (unpaired) electrons. The topological polar surface area (TPSA) is 125 Å². The Morgan fingerprint density at radius 1 is 1.27 bits per heavy atom. The molecule has 0 aliphatic carbocycles. The fourth-order valence-electron chi connectivity index (χ4n) is 2.00. The molecule has 0 saturated heterocycles. The van der Waals surface area contributed by atoms with E-state index in [1.54, 1.807) is 0 Å². The summed E-state index contributed by atoms with van der Waals surface area (Å²) in [6.45, 7) is 1.89. The summed E-state index contributed by atoms with van der Waals surface area (Å²) >= 11 is 3.13. The first-order valence-electron chi connectivity index (χ1n) is 7.27. The molecule has 0 saturated carbocycles. The summed E-state index contributed by atoms with van der Waals surface area (Å²) in [5.74, 6) is -1.96. The van der Waals surface area contributed by atoms with Crippen LogP contribution in [-0.4, -0.2) is 56.0 Å². The molecule has 1 rings (SSSR count). The first-order chi connectivity index (χ1) is 11.9. The number of carbonyl (C=O) groups excluding carboxylic acids is 2. The van der Waals surface area contributed by atoms with E-state index in [1.165, 1.54) is 40.1 Å². The molecule has 0 aliphatic heterocycles. The molecule has 0 amide bonds. The van der Waals surface area contributed by atoms with Gasteiger partial charge in [0.15, 0.2) is 5.78 Å². The van der Waals surface area contributed by atoms with Crippen LogP contribution in [0.4, 0.5) is 0 Å². The van der Waals surface area contributed by atoms with Gasteiger partial charge in [0.25, 0.3) is 0 Å². The second-order valence-electron chi connectivity index (χ2n) is 5.51. The number of allylic oxidation sites excluding steroid dienone is 1. The highest BCUT2D eigenvalue weighted by atomic mass is 79.9. The Hall–Kier alpha value is -2.04. The van der Waals surface area contributed by atoms with E-state index in [0.29, 0.717) is 0 Å². The number of nitrogens with one attached hydrogen (secondary N) is 1. The molecule has 2 N–H and O–H groups in total. The van der Waals surface area contributed by atoms with Crippen LogP contribution in [-0.2, 0) is 19.6 Å². The Bertz CT molecular complexity index is 874. The van der Waals surface area contributed by atoms with E-state index in [1.807, 2.05) is 0 Å². The summed E-state index contributed by atoms with van der Waals surface area (Å²) < 4.78 is 30.7. The van der Waals surface area contributed by atoms with Gasteiger partial charge in [0.2, 0.25) is 10.0 Å². The van der Waals surface area contributed by atoms with Crippen molar-refractivity contribution in [3.63, 3.8) is 0 Å². The third-order valence-corrected chi connectivity index (χ3v) is 6.09. The zero-order valence-electron chi connectivity index (χ0n) is 14.7. The summed E-state index contributed by atoms with van der Waals surface area (Å²) in [5, 5.41) is 17.3. The molecule has 0 fully saturated rings. The highest BCUT2D eigenvalue weighted by Crippen LogP contribution is 2.25. The number of carbonyl (C=O) groups is 2. The van der Waals surface area contributed by atoms with Crippen LogP contribution in [0, 0.1) is 5.41 Å². The molecule has 1 aromatic rings. The number of halogens is 1. The van der Waals surface area contributed by atoms with Crippen molar-refractivity contribution in [1.29, 1.82) is 5.41 Å². The van der Waals surface area contributed by atoms with E-state index in [9.17, 15) is 23.1 Å². The van der Waals surface area contributed by atoms with E-state index in [2.05, 4.69) is 15.9 Å². The first kappa shape index (κ1) is 22.0. The highest BCUT2D eigenvalue weighted by molar-refractivity contribution is 9.10. The smallest absolute Gasteiger partial charge is 0.338 e. The number of esters is 1. The summed E-state index contributed by atoms with van der Waals surface area (Å²) in [4.78, 5) is 23.5. The summed E-state index contributed by atoms with van der Waals surface area (Å²) in [5.41, 5.74) is -0.434. The number of sulfonamides is 1. The molecule has 0 heterocycles. The molecule has 0 atom stereocenters. The Labute approximate surface area is 160 Å². The number of benzene rings is 1. The van der Waals surface area contributed by atoms with Gasteiger partial charge in [0.05, 0.1) is 16.0 Å². The number of Topliss-reactive ketones (excluding diaryl/α,β-unsaturated/α-hetero) is 1. The lowest BCUT2D eigenvalue weighted by atomic mass is 10.1. The Morgan fingerprint density at radius 3 is 2.31 bits per heavy atom. The van der Waals surface area contributed by atoms with Gasteiger partial charge in [-0.1, -0.05) is 0 Å². The van der Waals surface area contributed by atoms with Gasteiger partial charge in [-0.15, -0.1) is 0 Å². The highest BCUT2D eigenvalue weighted by Gasteiger charge is 2.23. The van der Waals surface area contributed by atoms with Gasteiger partial charge >= 0.3 is 5.97 Å². The molecule has 1 aromatic carbocycles. The van der Waals surface area contributed by atoms with Gasteiger partial charge in [-0.2, -0.15) is 0 Å². The number of nitrogens with zero attached hydrogens (tertiary/aromatic N) is 1. The van der Waals surface area contributed by atoms with Gasteiger partial charge in [0, 0.05) is 24.3 Å². The maximum atomic E-state index is 12.3. The van der Waals surface area contributed by atoms with Crippen LogP contribution in [0.25, 0.3) is 0 Å². The van der Waals surface area contributed by atoms with Gasteiger partial charge in [-0.3, -0.25) is 4.79 Å². The molecular weight excluding hydrogens is 428 g/mol. The number of rotatable bonds is 7. The fourth-order valence-corrected chi connectivity index (χ4v) is 3.84. The monoisotopic (exact) mass is 446 g/mol.